The van der Waals surface area contributed by atoms with Gasteiger partial charge < -0.3 is 10.2 Å². The normalized spacial score (nSPS) is 13.1. The number of allylic oxidation sites excluding steroid dienone is 3. The molecule has 1 unspecified atom stereocenters. The van der Waals surface area contributed by atoms with E-state index in [0.29, 0.717) is 6.42 Å². The minimum absolute atomic E-state index is 0.207. The molecule has 0 saturated heterocycles. The summed E-state index contributed by atoms with van der Waals surface area (Å²) < 4.78 is 0. The van der Waals surface area contributed by atoms with Crippen molar-refractivity contribution in [2.24, 2.45) is 0 Å². The highest BCUT2D eigenvalue weighted by Gasteiger charge is 2.01. The van der Waals surface area contributed by atoms with Crippen LogP contribution >= 0.6 is 0 Å². The van der Waals surface area contributed by atoms with Gasteiger partial charge in [-0.05, 0) is 32.1 Å². The Morgan fingerprint density at radius 2 is 1.52 bits per heavy atom. The summed E-state index contributed by atoms with van der Waals surface area (Å²) in [5, 5.41) is 18.4. The van der Waals surface area contributed by atoms with Crippen LogP contribution in [0.4, 0.5) is 0 Å². The summed E-state index contributed by atoms with van der Waals surface area (Å²) in [6.45, 7) is 2.18. The van der Waals surface area contributed by atoms with Crippen molar-refractivity contribution < 1.29 is 15.0 Å². The molecule has 1 atom stereocenters. The van der Waals surface area contributed by atoms with E-state index in [1.54, 1.807) is 0 Å². The van der Waals surface area contributed by atoms with Crippen LogP contribution in [-0.2, 0) is 4.79 Å². The predicted molar refractivity (Wildman–Crippen MR) is 97.6 cm³/mol. The van der Waals surface area contributed by atoms with E-state index in [1.165, 1.54) is 25.7 Å². The highest BCUT2D eigenvalue weighted by molar-refractivity contribution is 5.66. The molecule has 0 aromatic rings. The van der Waals surface area contributed by atoms with Gasteiger partial charge in [-0.1, -0.05) is 76.2 Å². The van der Waals surface area contributed by atoms with Crippen molar-refractivity contribution in [1.29, 1.82) is 0 Å². The van der Waals surface area contributed by atoms with Gasteiger partial charge in [-0.3, -0.25) is 4.79 Å². The molecule has 0 aromatic carbocycles. The topological polar surface area (TPSA) is 57.5 Å². The van der Waals surface area contributed by atoms with Crippen molar-refractivity contribution in [3.63, 3.8) is 0 Å². The van der Waals surface area contributed by atoms with Gasteiger partial charge in [0.1, 0.15) is 0 Å². The molecule has 0 saturated carbocycles. The fourth-order valence-corrected chi connectivity index (χ4v) is 2.47. The van der Waals surface area contributed by atoms with E-state index < -0.39 is 5.97 Å². The van der Waals surface area contributed by atoms with E-state index in [9.17, 15) is 9.90 Å². The van der Waals surface area contributed by atoms with Gasteiger partial charge in [-0.2, -0.15) is 0 Å². The minimum Gasteiger partial charge on any atom is -0.481 e. The number of aliphatic carboxylic acids is 1. The van der Waals surface area contributed by atoms with Crippen molar-refractivity contribution in [2.75, 3.05) is 0 Å². The molecule has 0 radical (unpaired) electrons. The Morgan fingerprint density at radius 3 is 2.17 bits per heavy atom. The van der Waals surface area contributed by atoms with Gasteiger partial charge in [0.25, 0.3) is 0 Å². The Kier molecular flexibility index (Phi) is 16.4. The fraction of sp³-hybridized carbons (Fsp3) is 0.750. The van der Waals surface area contributed by atoms with Crippen LogP contribution in [0, 0.1) is 0 Å². The SMILES string of the molecule is CCCC=CCC=CCC(O)CCCCCCCCCC(=O)O. The second-order valence-electron chi connectivity index (χ2n) is 6.26. The molecule has 0 fully saturated rings. The van der Waals surface area contributed by atoms with Crippen molar-refractivity contribution in [1.82, 2.24) is 0 Å². The van der Waals surface area contributed by atoms with Crippen LogP contribution in [0.2, 0.25) is 0 Å². The van der Waals surface area contributed by atoms with Crippen LogP contribution in [0.1, 0.15) is 90.4 Å². The highest BCUT2D eigenvalue weighted by Crippen LogP contribution is 2.12. The van der Waals surface area contributed by atoms with Crippen LogP contribution in [0.3, 0.4) is 0 Å². The molecule has 0 aliphatic carbocycles. The quantitative estimate of drug-likeness (QED) is 0.285. The first-order chi connectivity index (χ1) is 11.2. The zero-order valence-corrected chi connectivity index (χ0v) is 14.9. The van der Waals surface area contributed by atoms with Crippen molar-refractivity contribution in [3.8, 4) is 0 Å². The summed E-state index contributed by atoms with van der Waals surface area (Å²) in [6, 6.07) is 0. The highest BCUT2D eigenvalue weighted by atomic mass is 16.4. The van der Waals surface area contributed by atoms with E-state index in [4.69, 9.17) is 5.11 Å². The molecule has 0 bridgehead atoms. The smallest absolute Gasteiger partial charge is 0.303 e. The van der Waals surface area contributed by atoms with Gasteiger partial charge in [0.05, 0.1) is 6.10 Å². The summed E-state index contributed by atoms with van der Waals surface area (Å²) in [5.41, 5.74) is 0. The average Bonchev–Trinajstić information content (AvgIpc) is 2.52. The molecule has 2 N–H and O–H groups in total. The maximum atomic E-state index is 10.4. The number of aliphatic hydroxyl groups is 1. The lowest BCUT2D eigenvalue weighted by Crippen LogP contribution is -2.04. The molecule has 0 aliphatic rings. The largest absolute Gasteiger partial charge is 0.481 e. The average molecular weight is 325 g/mol. The van der Waals surface area contributed by atoms with Gasteiger partial charge in [0.2, 0.25) is 0 Å². The Labute approximate surface area is 142 Å². The summed E-state index contributed by atoms with van der Waals surface area (Å²) in [4.78, 5) is 10.4. The lowest BCUT2D eigenvalue weighted by Gasteiger charge is -2.07. The van der Waals surface area contributed by atoms with E-state index in [-0.39, 0.29) is 6.10 Å². The molecule has 0 aliphatic heterocycles. The molecule has 0 heterocycles. The standard InChI is InChI=1S/C20H36O3/c1-2-3-4-5-7-10-13-16-19(21)17-14-11-8-6-9-12-15-18-20(22)23/h4-5,10,13,19,21H,2-3,6-9,11-12,14-18H2,1H3,(H,22,23). The van der Waals surface area contributed by atoms with Crippen LogP contribution in [0.25, 0.3) is 0 Å². The molecule has 134 valence electrons. The van der Waals surface area contributed by atoms with Gasteiger partial charge in [-0.25, -0.2) is 0 Å². The first-order valence-electron chi connectivity index (χ1n) is 9.36. The summed E-state index contributed by atoms with van der Waals surface area (Å²) >= 11 is 0. The lowest BCUT2D eigenvalue weighted by molar-refractivity contribution is -0.137. The van der Waals surface area contributed by atoms with Gasteiger partial charge in [0.15, 0.2) is 0 Å². The summed E-state index contributed by atoms with van der Waals surface area (Å²) in [5.74, 6) is -0.690. The zero-order chi connectivity index (χ0) is 17.2. The predicted octanol–water partition coefficient (Wildman–Crippen LogP) is 5.64. The zero-order valence-electron chi connectivity index (χ0n) is 14.9. The molecule has 23 heavy (non-hydrogen) atoms. The number of hydrogen-bond acceptors (Lipinski definition) is 2. The molecule has 3 nitrogen and oxygen atoms in total. The molecule has 0 rings (SSSR count). The molecular weight excluding hydrogens is 288 g/mol. The summed E-state index contributed by atoms with van der Waals surface area (Å²) in [6.07, 6.45) is 21.2. The number of unbranched alkanes of at least 4 members (excludes halogenated alkanes) is 7. The lowest BCUT2D eigenvalue weighted by atomic mass is 10.0. The maximum absolute atomic E-state index is 10.4. The Balaban J connectivity index is 3.31. The van der Waals surface area contributed by atoms with Crippen molar-refractivity contribution >= 4 is 5.97 Å². The number of carboxylic acid groups (broad SMARTS) is 1. The van der Waals surface area contributed by atoms with Crippen LogP contribution in [0.15, 0.2) is 24.3 Å². The molecule has 3 heteroatoms. The van der Waals surface area contributed by atoms with Crippen molar-refractivity contribution in [3.05, 3.63) is 24.3 Å². The third kappa shape index (κ3) is 18.9. The summed E-state index contributed by atoms with van der Waals surface area (Å²) in [7, 11) is 0. The third-order valence-corrected chi connectivity index (χ3v) is 3.90. The Bertz CT molecular complexity index is 321. The van der Waals surface area contributed by atoms with Crippen LogP contribution < -0.4 is 0 Å². The number of aliphatic hydroxyl groups excluding tert-OH is 1. The molecule has 0 spiro atoms. The maximum Gasteiger partial charge on any atom is 0.303 e. The van der Waals surface area contributed by atoms with Gasteiger partial charge >= 0.3 is 5.97 Å². The third-order valence-electron chi connectivity index (χ3n) is 3.90. The number of hydrogen-bond donors (Lipinski definition) is 2. The molecule has 0 amide bonds. The Morgan fingerprint density at radius 1 is 0.913 bits per heavy atom. The second kappa shape index (κ2) is 17.3. The number of carboxylic acids is 1. The fourth-order valence-electron chi connectivity index (χ4n) is 2.47. The minimum atomic E-state index is -0.690. The van der Waals surface area contributed by atoms with E-state index in [0.717, 1.165) is 51.4 Å². The number of rotatable bonds is 16. The Hall–Kier alpha value is -1.09. The molecular formula is C20H36O3. The first kappa shape index (κ1) is 21.9. The molecule has 0 aromatic heterocycles. The van der Waals surface area contributed by atoms with Crippen LogP contribution in [0.5, 0.6) is 0 Å². The monoisotopic (exact) mass is 324 g/mol. The van der Waals surface area contributed by atoms with Crippen molar-refractivity contribution in [2.45, 2.75) is 96.5 Å². The van der Waals surface area contributed by atoms with Crippen LogP contribution in [-0.4, -0.2) is 22.3 Å². The second-order valence-corrected chi connectivity index (χ2v) is 6.26. The van der Waals surface area contributed by atoms with Gasteiger partial charge in [-0.15, -0.1) is 0 Å². The first-order valence-corrected chi connectivity index (χ1v) is 9.36. The van der Waals surface area contributed by atoms with E-state index in [1.807, 2.05) is 0 Å². The van der Waals surface area contributed by atoms with E-state index in [2.05, 4.69) is 31.2 Å². The van der Waals surface area contributed by atoms with Gasteiger partial charge in [0, 0.05) is 6.42 Å². The number of carbonyl (C=O) groups is 1. The van der Waals surface area contributed by atoms with E-state index >= 15 is 0 Å².